The van der Waals surface area contributed by atoms with Gasteiger partial charge in [0.1, 0.15) is 6.61 Å². The molecule has 1 amide bonds. The molecule has 22 heavy (non-hydrogen) atoms. The van der Waals surface area contributed by atoms with Gasteiger partial charge in [0.25, 0.3) is 0 Å². The summed E-state index contributed by atoms with van der Waals surface area (Å²) in [7, 11) is 0. The first-order valence-corrected chi connectivity index (χ1v) is 8.22. The molecule has 1 aliphatic rings. The number of piperidine rings is 1. The highest BCUT2D eigenvalue weighted by atomic mass is 16.5. The van der Waals surface area contributed by atoms with E-state index >= 15 is 0 Å². The molecule has 0 spiro atoms. The van der Waals surface area contributed by atoms with E-state index in [1.54, 1.807) is 0 Å². The van der Waals surface area contributed by atoms with Crippen LogP contribution in [0.2, 0.25) is 0 Å². The lowest BCUT2D eigenvalue weighted by Gasteiger charge is -2.28. The van der Waals surface area contributed by atoms with Crippen LogP contribution >= 0.6 is 0 Å². The molecular weight excluding hydrogens is 276 g/mol. The molecule has 1 aromatic rings. The molecule has 0 unspecified atom stereocenters. The molecule has 1 saturated heterocycles. The quantitative estimate of drug-likeness (QED) is 0.812. The van der Waals surface area contributed by atoms with Crippen LogP contribution in [0, 0.1) is 0 Å². The lowest BCUT2D eigenvalue weighted by molar-refractivity contribution is -0.129. The molecule has 0 bridgehead atoms. The van der Waals surface area contributed by atoms with Gasteiger partial charge in [-0.2, -0.15) is 0 Å². The molecule has 2 rings (SSSR count). The Morgan fingerprint density at radius 2 is 1.95 bits per heavy atom. The van der Waals surface area contributed by atoms with Gasteiger partial charge in [0.15, 0.2) is 0 Å². The lowest BCUT2D eigenvalue weighted by atomic mass is 9.95. The van der Waals surface area contributed by atoms with Crippen molar-refractivity contribution in [1.82, 2.24) is 10.6 Å². The van der Waals surface area contributed by atoms with Gasteiger partial charge in [-0.05, 0) is 58.2 Å². The Hall–Kier alpha value is -1.39. The minimum atomic E-state index is -0.218. The summed E-state index contributed by atoms with van der Waals surface area (Å²) in [5.41, 5.74) is 1.08. The standard InChI is InChI=1S/C18H28N2O2/c1-18(2,11-8-15-6-4-3-5-7-15)20-17(21)14-22-16-9-12-19-13-10-16/h3-7,16,19H,8-14H2,1-2H3,(H,20,21). The third kappa shape index (κ3) is 6.16. The van der Waals surface area contributed by atoms with Gasteiger partial charge < -0.3 is 15.4 Å². The van der Waals surface area contributed by atoms with Crippen molar-refractivity contribution in [2.75, 3.05) is 19.7 Å². The van der Waals surface area contributed by atoms with Crippen molar-refractivity contribution in [1.29, 1.82) is 0 Å². The van der Waals surface area contributed by atoms with E-state index in [0.717, 1.165) is 38.8 Å². The van der Waals surface area contributed by atoms with Crippen molar-refractivity contribution < 1.29 is 9.53 Å². The fourth-order valence-electron chi connectivity index (χ4n) is 2.73. The number of carbonyl (C=O) groups excluding carboxylic acids is 1. The summed E-state index contributed by atoms with van der Waals surface area (Å²) in [6.45, 7) is 6.26. The minimum Gasteiger partial charge on any atom is -0.368 e. The number of amides is 1. The van der Waals surface area contributed by atoms with Gasteiger partial charge in [-0.3, -0.25) is 4.79 Å². The molecule has 0 saturated carbocycles. The predicted octanol–water partition coefficient (Wildman–Crippen LogP) is 2.28. The summed E-state index contributed by atoms with van der Waals surface area (Å²) in [5, 5.41) is 6.38. The van der Waals surface area contributed by atoms with E-state index in [4.69, 9.17) is 4.74 Å². The molecule has 122 valence electrons. The first kappa shape index (κ1) is 17.0. The number of benzene rings is 1. The minimum absolute atomic E-state index is 0.0170. The van der Waals surface area contributed by atoms with Crippen LogP contribution in [0.25, 0.3) is 0 Å². The maximum atomic E-state index is 12.1. The van der Waals surface area contributed by atoms with Crippen molar-refractivity contribution in [3.8, 4) is 0 Å². The summed E-state index contributed by atoms with van der Waals surface area (Å²) in [5.74, 6) is -0.0170. The highest BCUT2D eigenvalue weighted by Crippen LogP contribution is 2.14. The van der Waals surface area contributed by atoms with E-state index in [2.05, 4.69) is 36.6 Å². The van der Waals surface area contributed by atoms with Gasteiger partial charge in [0.2, 0.25) is 5.91 Å². The second-order valence-corrected chi connectivity index (χ2v) is 6.68. The van der Waals surface area contributed by atoms with Gasteiger partial charge in [0, 0.05) is 5.54 Å². The van der Waals surface area contributed by atoms with Crippen LogP contribution in [0.5, 0.6) is 0 Å². The zero-order valence-electron chi connectivity index (χ0n) is 13.7. The number of aryl methyl sites for hydroxylation is 1. The van der Waals surface area contributed by atoms with Gasteiger partial charge in [-0.1, -0.05) is 30.3 Å². The number of ether oxygens (including phenoxy) is 1. The third-order valence-electron chi connectivity index (χ3n) is 4.10. The fraction of sp³-hybridized carbons (Fsp3) is 0.611. The summed E-state index contributed by atoms with van der Waals surface area (Å²) < 4.78 is 5.70. The molecule has 4 nitrogen and oxygen atoms in total. The SMILES string of the molecule is CC(C)(CCc1ccccc1)NC(=O)COC1CCNCC1. The van der Waals surface area contributed by atoms with Crippen LogP contribution in [-0.2, 0) is 16.0 Å². The number of hydrogen-bond donors (Lipinski definition) is 2. The van der Waals surface area contributed by atoms with E-state index in [9.17, 15) is 4.79 Å². The molecule has 1 heterocycles. The van der Waals surface area contributed by atoms with E-state index in [0.29, 0.717) is 0 Å². The molecule has 0 atom stereocenters. The Morgan fingerprint density at radius 1 is 1.27 bits per heavy atom. The number of nitrogens with one attached hydrogen (secondary N) is 2. The first-order valence-electron chi connectivity index (χ1n) is 8.22. The third-order valence-corrected chi connectivity index (χ3v) is 4.10. The maximum absolute atomic E-state index is 12.1. The zero-order valence-corrected chi connectivity index (χ0v) is 13.7. The van der Waals surface area contributed by atoms with Gasteiger partial charge in [-0.25, -0.2) is 0 Å². The Morgan fingerprint density at radius 3 is 2.64 bits per heavy atom. The van der Waals surface area contributed by atoms with E-state index in [1.165, 1.54) is 5.56 Å². The highest BCUT2D eigenvalue weighted by Gasteiger charge is 2.21. The van der Waals surface area contributed by atoms with Crippen molar-refractivity contribution in [2.45, 2.75) is 51.2 Å². The molecule has 0 aromatic heterocycles. The van der Waals surface area contributed by atoms with E-state index in [1.807, 2.05) is 18.2 Å². The van der Waals surface area contributed by atoms with Crippen LogP contribution in [0.3, 0.4) is 0 Å². The Kier molecular flexibility index (Phi) is 6.40. The Bertz CT molecular complexity index is 453. The van der Waals surface area contributed by atoms with E-state index < -0.39 is 0 Å². The van der Waals surface area contributed by atoms with Crippen LogP contribution < -0.4 is 10.6 Å². The van der Waals surface area contributed by atoms with Crippen molar-refractivity contribution in [3.63, 3.8) is 0 Å². The van der Waals surface area contributed by atoms with Crippen LogP contribution in [0.1, 0.15) is 38.7 Å². The van der Waals surface area contributed by atoms with Gasteiger partial charge >= 0.3 is 0 Å². The lowest BCUT2D eigenvalue weighted by Crippen LogP contribution is -2.46. The maximum Gasteiger partial charge on any atom is 0.246 e. The average molecular weight is 304 g/mol. The average Bonchev–Trinajstić information content (AvgIpc) is 2.53. The van der Waals surface area contributed by atoms with Crippen LogP contribution in [0.15, 0.2) is 30.3 Å². The van der Waals surface area contributed by atoms with E-state index in [-0.39, 0.29) is 24.2 Å². The monoisotopic (exact) mass is 304 g/mol. The fourth-order valence-corrected chi connectivity index (χ4v) is 2.73. The second-order valence-electron chi connectivity index (χ2n) is 6.68. The number of rotatable bonds is 7. The smallest absolute Gasteiger partial charge is 0.246 e. The van der Waals surface area contributed by atoms with Gasteiger partial charge in [0.05, 0.1) is 6.10 Å². The molecule has 4 heteroatoms. The van der Waals surface area contributed by atoms with Crippen molar-refractivity contribution in [3.05, 3.63) is 35.9 Å². The summed E-state index contributed by atoms with van der Waals surface area (Å²) in [6, 6.07) is 10.4. The predicted molar refractivity (Wildman–Crippen MR) is 88.8 cm³/mol. The summed E-state index contributed by atoms with van der Waals surface area (Å²) in [6.07, 6.45) is 4.08. The summed E-state index contributed by atoms with van der Waals surface area (Å²) >= 11 is 0. The van der Waals surface area contributed by atoms with Crippen LogP contribution in [0.4, 0.5) is 0 Å². The number of carbonyl (C=O) groups is 1. The summed E-state index contributed by atoms with van der Waals surface area (Å²) in [4.78, 5) is 12.1. The second kappa shape index (κ2) is 8.30. The molecule has 2 N–H and O–H groups in total. The first-order chi connectivity index (χ1) is 10.6. The van der Waals surface area contributed by atoms with Crippen molar-refractivity contribution >= 4 is 5.91 Å². The molecule has 1 fully saturated rings. The molecule has 0 radical (unpaired) electrons. The Labute approximate surface area is 133 Å². The Balaban J connectivity index is 1.69. The molecule has 1 aliphatic heterocycles. The largest absolute Gasteiger partial charge is 0.368 e. The van der Waals surface area contributed by atoms with Crippen LogP contribution in [-0.4, -0.2) is 37.2 Å². The molecule has 1 aromatic carbocycles. The highest BCUT2D eigenvalue weighted by molar-refractivity contribution is 5.77. The van der Waals surface area contributed by atoms with Gasteiger partial charge in [-0.15, -0.1) is 0 Å². The van der Waals surface area contributed by atoms with Crippen molar-refractivity contribution in [2.24, 2.45) is 0 Å². The number of hydrogen-bond acceptors (Lipinski definition) is 3. The molecular formula is C18H28N2O2. The zero-order chi connectivity index (χ0) is 15.8. The topological polar surface area (TPSA) is 50.4 Å². The normalized spacial score (nSPS) is 16.5. The molecule has 0 aliphatic carbocycles.